The highest BCUT2D eigenvalue weighted by Gasteiger charge is 2.39. The van der Waals surface area contributed by atoms with Crippen LogP contribution in [0.25, 0.3) is 0 Å². The predicted molar refractivity (Wildman–Crippen MR) is 99.8 cm³/mol. The summed E-state index contributed by atoms with van der Waals surface area (Å²) in [4.78, 5) is 4.17. The van der Waals surface area contributed by atoms with Crippen LogP contribution in [-0.4, -0.2) is 59.3 Å². The molecule has 0 saturated carbocycles. The van der Waals surface area contributed by atoms with E-state index in [2.05, 4.69) is 10.00 Å². The molecule has 3 heterocycles. The summed E-state index contributed by atoms with van der Waals surface area (Å²) in [6.45, 7) is 1.78. The fraction of sp³-hybridized carbons (Fsp3) is 0.500. The van der Waals surface area contributed by atoms with E-state index in [1.54, 1.807) is 6.20 Å². The van der Waals surface area contributed by atoms with E-state index in [9.17, 15) is 17.2 Å². The van der Waals surface area contributed by atoms with Gasteiger partial charge in [0.25, 0.3) is 10.0 Å². The molecule has 28 heavy (non-hydrogen) atoms. The molecule has 2 aromatic rings. The summed E-state index contributed by atoms with van der Waals surface area (Å²) in [5.74, 6) is -0.935. The van der Waals surface area contributed by atoms with Crippen molar-refractivity contribution in [2.24, 2.45) is 5.73 Å². The third kappa shape index (κ3) is 3.45. The molecule has 152 valence electrons. The van der Waals surface area contributed by atoms with Gasteiger partial charge in [-0.2, -0.15) is 9.19 Å². The van der Waals surface area contributed by atoms with Gasteiger partial charge in [-0.05, 0) is 31.7 Å². The lowest BCUT2D eigenvalue weighted by molar-refractivity contribution is 0.0585. The Bertz CT molecular complexity index is 974. The Morgan fingerprint density at radius 2 is 2.00 bits per heavy atom. The summed E-state index contributed by atoms with van der Waals surface area (Å²) >= 11 is 0. The molecule has 0 bridgehead atoms. The Labute approximate surface area is 162 Å². The number of likely N-dealkylation sites (tertiary alicyclic amines) is 1. The smallest absolute Gasteiger partial charge is 0.250 e. The maximum atomic E-state index is 14.3. The number of hydrogen-bond acceptors (Lipinski definition) is 6. The number of halogens is 2. The van der Waals surface area contributed by atoms with Crippen molar-refractivity contribution in [3.05, 3.63) is 52.9 Å². The summed E-state index contributed by atoms with van der Waals surface area (Å²) in [5, 5.41) is 4.18. The van der Waals surface area contributed by atoms with Crippen LogP contribution in [0.3, 0.4) is 0 Å². The number of piperidine rings is 1. The van der Waals surface area contributed by atoms with Crippen molar-refractivity contribution >= 4 is 10.0 Å². The fourth-order valence-corrected chi connectivity index (χ4v) is 4.91. The Balaban J connectivity index is 1.49. The van der Waals surface area contributed by atoms with Gasteiger partial charge in [0.1, 0.15) is 11.6 Å². The normalized spacial score (nSPS) is 26.5. The summed E-state index contributed by atoms with van der Waals surface area (Å²) in [7, 11) is -1.53. The highest BCUT2D eigenvalue weighted by atomic mass is 32.2. The Morgan fingerprint density at radius 3 is 2.64 bits per heavy atom. The molecule has 1 fully saturated rings. The van der Waals surface area contributed by atoms with Gasteiger partial charge in [-0.15, -0.1) is 0 Å². The molecular weight excluding hydrogens is 388 g/mol. The predicted octanol–water partition coefficient (Wildman–Crippen LogP) is 1.06. The lowest BCUT2D eigenvalue weighted by atomic mass is 9.88. The highest BCUT2D eigenvalue weighted by molar-refractivity contribution is 7.89. The number of aromatic nitrogens is 2. The van der Waals surface area contributed by atoms with Gasteiger partial charge in [-0.3, -0.25) is 9.80 Å². The van der Waals surface area contributed by atoms with Crippen LogP contribution in [0.1, 0.15) is 29.3 Å². The molecule has 7 nitrogen and oxygen atoms in total. The summed E-state index contributed by atoms with van der Waals surface area (Å²) < 4.78 is 52.2. The maximum absolute atomic E-state index is 14.3. The Morgan fingerprint density at radius 1 is 1.25 bits per heavy atom. The topological polar surface area (TPSA) is 84.5 Å². The molecule has 0 amide bonds. The molecule has 0 spiro atoms. The second kappa shape index (κ2) is 6.87. The van der Waals surface area contributed by atoms with E-state index < -0.39 is 27.7 Å². The van der Waals surface area contributed by atoms with Crippen molar-refractivity contribution < 1.29 is 17.2 Å². The fourth-order valence-electron chi connectivity index (χ4n) is 4.34. The van der Waals surface area contributed by atoms with Crippen LogP contribution < -0.4 is 5.73 Å². The first-order valence-corrected chi connectivity index (χ1v) is 10.9. The quantitative estimate of drug-likeness (QED) is 0.813. The number of likely N-dealkylation sites (N-methyl/N-ethyl adjacent to an activating group) is 1. The lowest BCUT2D eigenvalue weighted by Gasteiger charge is -2.44. The molecule has 3 atom stereocenters. The van der Waals surface area contributed by atoms with Crippen molar-refractivity contribution in [2.45, 2.75) is 37.6 Å². The van der Waals surface area contributed by atoms with Crippen molar-refractivity contribution in [3.63, 3.8) is 0 Å². The lowest BCUT2D eigenvalue weighted by Crippen LogP contribution is -2.54. The average Bonchev–Trinajstić information content (AvgIpc) is 3.16. The average molecular weight is 411 g/mol. The van der Waals surface area contributed by atoms with Crippen molar-refractivity contribution in [2.75, 3.05) is 19.8 Å². The van der Waals surface area contributed by atoms with Crippen molar-refractivity contribution in [1.82, 2.24) is 19.0 Å². The molecule has 2 aliphatic heterocycles. The van der Waals surface area contributed by atoms with E-state index in [0.717, 1.165) is 33.7 Å². The first-order valence-electron chi connectivity index (χ1n) is 9.06. The molecule has 1 aromatic heterocycles. The molecule has 2 aliphatic rings. The van der Waals surface area contributed by atoms with E-state index in [1.165, 1.54) is 6.07 Å². The second-order valence-electron chi connectivity index (χ2n) is 7.75. The molecule has 4 rings (SSSR count). The molecule has 0 aliphatic carbocycles. The molecule has 1 aromatic carbocycles. The van der Waals surface area contributed by atoms with E-state index in [1.807, 2.05) is 11.9 Å². The number of hydrogen-bond donors (Lipinski definition) is 1. The largest absolute Gasteiger partial charge is 0.326 e. The van der Waals surface area contributed by atoms with Crippen LogP contribution in [0.4, 0.5) is 8.78 Å². The van der Waals surface area contributed by atoms with Gasteiger partial charge in [-0.1, -0.05) is 0 Å². The number of rotatable bonds is 3. The van der Waals surface area contributed by atoms with Crippen LogP contribution in [0, 0.1) is 11.6 Å². The zero-order chi connectivity index (χ0) is 20.2. The maximum Gasteiger partial charge on any atom is 0.250 e. The van der Waals surface area contributed by atoms with Gasteiger partial charge in [0.15, 0.2) is 0 Å². The molecule has 2 N–H and O–H groups in total. The first-order chi connectivity index (χ1) is 13.1. The zero-order valence-electron chi connectivity index (χ0n) is 15.7. The minimum absolute atomic E-state index is 0.119. The molecule has 1 saturated heterocycles. The monoisotopic (exact) mass is 411 g/mol. The minimum atomic E-state index is -3.39. The van der Waals surface area contributed by atoms with Crippen LogP contribution >= 0.6 is 0 Å². The first kappa shape index (κ1) is 19.4. The van der Waals surface area contributed by atoms with Gasteiger partial charge in [0, 0.05) is 49.0 Å². The number of fused-ring (bicyclic) bond motifs is 1. The number of nitrogens with two attached hydrogens (primary N) is 1. The summed E-state index contributed by atoms with van der Waals surface area (Å²) in [6.07, 6.45) is 3.30. The summed E-state index contributed by atoms with van der Waals surface area (Å²) in [5.41, 5.74) is 8.30. The van der Waals surface area contributed by atoms with Gasteiger partial charge in [-0.25, -0.2) is 17.2 Å². The van der Waals surface area contributed by atoms with Crippen molar-refractivity contribution in [3.8, 4) is 0 Å². The molecule has 10 heteroatoms. The van der Waals surface area contributed by atoms with Crippen LogP contribution in [-0.2, 0) is 23.1 Å². The second-order valence-corrected chi connectivity index (χ2v) is 9.59. The van der Waals surface area contributed by atoms with Crippen LogP contribution in [0.5, 0.6) is 0 Å². The van der Waals surface area contributed by atoms with E-state index in [4.69, 9.17) is 5.73 Å². The van der Waals surface area contributed by atoms with Gasteiger partial charge in [0.05, 0.1) is 18.0 Å². The SMILES string of the molecule is CN1C[C@H](N2Cc3cn(S(C)(=O)=O)nc3C2)C[C@H](N)[C@H]1c1cc(F)ccc1F. The van der Waals surface area contributed by atoms with Gasteiger partial charge in [0.2, 0.25) is 0 Å². The number of benzene rings is 1. The Hall–Kier alpha value is -1.88. The summed E-state index contributed by atoms with van der Waals surface area (Å²) in [6, 6.07) is 2.82. The van der Waals surface area contributed by atoms with Crippen LogP contribution in [0.15, 0.2) is 24.4 Å². The van der Waals surface area contributed by atoms with Crippen LogP contribution in [0.2, 0.25) is 0 Å². The zero-order valence-corrected chi connectivity index (χ0v) is 16.5. The van der Waals surface area contributed by atoms with Crippen molar-refractivity contribution in [1.29, 1.82) is 0 Å². The van der Waals surface area contributed by atoms with E-state index in [0.29, 0.717) is 26.1 Å². The standard InChI is InChI=1S/C18H23F2N5O2S/c1-23-9-13(6-16(21)18(23)14-5-12(19)3-4-15(14)20)24-7-11-8-25(28(2,26)27)22-17(11)10-24/h3-5,8,13,16,18H,6-7,9-10,21H2,1-2H3/t13-,16+,18-/m1/s1. The molecule has 0 radical (unpaired) electrons. The third-order valence-electron chi connectivity index (χ3n) is 5.64. The van der Waals surface area contributed by atoms with E-state index in [-0.39, 0.29) is 17.6 Å². The highest BCUT2D eigenvalue weighted by Crippen LogP contribution is 2.35. The number of nitrogens with zero attached hydrogens (tertiary/aromatic N) is 4. The molecule has 0 unspecified atom stereocenters. The minimum Gasteiger partial charge on any atom is -0.326 e. The van der Waals surface area contributed by atoms with E-state index >= 15 is 0 Å². The molecular formula is C18H23F2N5O2S. The van der Waals surface area contributed by atoms with Gasteiger partial charge < -0.3 is 5.73 Å². The van der Waals surface area contributed by atoms with Gasteiger partial charge >= 0.3 is 0 Å². The third-order valence-corrected chi connectivity index (χ3v) is 6.51. The Kier molecular flexibility index (Phi) is 4.77.